The molecule has 1 rings (SSSR count). The summed E-state index contributed by atoms with van der Waals surface area (Å²) in [6, 6.07) is 3.36. The van der Waals surface area contributed by atoms with Crippen molar-refractivity contribution in [2.75, 3.05) is 0 Å². The van der Waals surface area contributed by atoms with Gasteiger partial charge in [-0.1, -0.05) is 0 Å². The van der Waals surface area contributed by atoms with Gasteiger partial charge < -0.3 is 5.73 Å². The van der Waals surface area contributed by atoms with E-state index >= 15 is 0 Å². The second kappa shape index (κ2) is 3.28. The summed E-state index contributed by atoms with van der Waals surface area (Å²) in [5.74, 6) is -1.38. The molecule has 0 aliphatic rings. The number of nitrogens with zero attached hydrogens (tertiary/aromatic N) is 1. The SMILES string of the molecule is N#Cc1cc(F)cc(CN)c1F. The number of hydrogen-bond donors (Lipinski definition) is 1. The smallest absolute Gasteiger partial charge is 0.145 e. The number of benzene rings is 1. The van der Waals surface area contributed by atoms with E-state index in [2.05, 4.69) is 0 Å². The van der Waals surface area contributed by atoms with Crippen LogP contribution < -0.4 is 5.73 Å². The lowest BCUT2D eigenvalue weighted by atomic mass is 10.1. The highest BCUT2D eigenvalue weighted by Gasteiger charge is 2.08. The standard InChI is InChI=1S/C8H6F2N2/c9-7-1-5(3-11)8(10)6(2-7)4-12/h1-2H,3,11H2. The first kappa shape index (κ1) is 8.62. The van der Waals surface area contributed by atoms with Crippen LogP contribution in [0.25, 0.3) is 0 Å². The van der Waals surface area contributed by atoms with Crippen molar-refractivity contribution in [1.82, 2.24) is 0 Å². The van der Waals surface area contributed by atoms with Gasteiger partial charge in [-0.25, -0.2) is 8.78 Å². The lowest BCUT2D eigenvalue weighted by molar-refractivity contribution is 0.582. The third-order valence-electron chi connectivity index (χ3n) is 1.45. The molecule has 4 heteroatoms. The van der Waals surface area contributed by atoms with E-state index in [0.29, 0.717) is 0 Å². The first-order chi connectivity index (χ1) is 5.69. The van der Waals surface area contributed by atoms with Gasteiger partial charge in [-0.3, -0.25) is 0 Å². The highest BCUT2D eigenvalue weighted by Crippen LogP contribution is 2.13. The molecule has 1 aromatic rings. The Balaban J connectivity index is 3.34. The summed E-state index contributed by atoms with van der Waals surface area (Å²) in [4.78, 5) is 0. The molecule has 0 aliphatic carbocycles. The van der Waals surface area contributed by atoms with Gasteiger partial charge in [0.1, 0.15) is 17.7 Å². The van der Waals surface area contributed by atoms with Gasteiger partial charge in [-0.15, -0.1) is 0 Å². The summed E-state index contributed by atoms with van der Waals surface area (Å²) in [6.45, 7) is -0.113. The van der Waals surface area contributed by atoms with Crippen LogP contribution in [0.4, 0.5) is 8.78 Å². The van der Waals surface area contributed by atoms with E-state index in [9.17, 15) is 8.78 Å². The molecule has 0 atom stereocenters. The highest BCUT2D eigenvalue weighted by atomic mass is 19.1. The average Bonchev–Trinajstić information content (AvgIpc) is 2.08. The number of rotatable bonds is 1. The lowest BCUT2D eigenvalue weighted by Crippen LogP contribution is -2.02. The van der Waals surface area contributed by atoms with E-state index in [1.807, 2.05) is 0 Å². The molecule has 0 saturated carbocycles. The molecule has 0 fully saturated rings. The van der Waals surface area contributed by atoms with Gasteiger partial charge >= 0.3 is 0 Å². The molecule has 0 spiro atoms. The molecule has 0 radical (unpaired) electrons. The summed E-state index contributed by atoms with van der Waals surface area (Å²) in [6.07, 6.45) is 0. The van der Waals surface area contributed by atoms with E-state index in [1.54, 1.807) is 6.07 Å². The Kier molecular flexibility index (Phi) is 2.36. The second-order valence-corrected chi connectivity index (χ2v) is 2.24. The molecule has 0 aromatic heterocycles. The fraction of sp³-hybridized carbons (Fsp3) is 0.125. The molecule has 2 nitrogen and oxygen atoms in total. The minimum Gasteiger partial charge on any atom is -0.326 e. The monoisotopic (exact) mass is 168 g/mol. The Labute approximate surface area is 68.2 Å². The molecule has 0 amide bonds. The largest absolute Gasteiger partial charge is 0.326 e. The third-order valence-corrected chi connectivity index (χ3v) is 1.45. The van der Waals surface area contributed by atoms with Crippen molar-refractivity contribution in [2.24, 2.45) is 5.73 Å². The first-order valence-corrected chi connectivity index (χ1v) is 3.27. The number of hydrogen-bond acceptors (Lipinski definition) is 2. The Bertz CT molecular complexity index is 342. The predicted octanol–water partition coefficient (Wildman–Crippen LogP) is 1.30. The molecule has 0 aliphatic heterocycles. The van der Waals surface area contributed by atoms with Crippen LogP contribution in [-0.2, 0) is 6.54 Å². The normalized spacial score (nSPS) is 9.50. The van der Waals surface area contributed by atoms with Gasteiger partial charge in [-0.05, 0) is 12.1 Å². The van der Waals surface area contributed by atoms with E-state index in [4.69, 9.17) is 11.0 Å². The highest BCUT2D eigenvalue weighted by molar-refractivity contribution is 5.35. The van der Waals surface area contributed by atoms with E-state index in [0.717, 1.165) is 12.1 Å². The molecule has 62 valence electrons. The van der Waals surface area contributed by atoms with Gasteiger partial charge in [-0.2, -0.15) is 5.26 Å². The van der Waals surface area contributed by atoms with Gasteiger partial charge in [0.05, 0.1) is 5.56 Å². The van der Waals surface area contributed by atoms with Crippen LogP contribution in [-0.4, -0.2) is 0 Å². The Morgan fingerprint density at radius 2 is 2.08 bits per heavy atom. The minimum atomic E-state index is -0.735. The van der Waals surface area contributed by atoms with Crippen LogP contribution in [0, 0.1) is 23.0 Å². The van der Waals surface area contributed by atoms with Gasteiger partial charge in [0.15, 0.2) is 0 Å². The Hall–Kier alpha value is -1.47. The quantitative estimate of drug-likeness (QED) is 0.686. The summed E-state index contributed by atoms with van der Waals surface area (Å²) >= 11 is 0. The molecule has 0 bridgehead atoms. The number of nitrogens with two attached hydrogens (primary N) is 1. The van der Waals surface area contributed by atoms with Crippen molar-refractivity contribution >= 4 is 0 Å². The van der Waals surface area contributed by atoms with Crippen molar-refractivity contribution in [1.29, 1.82) is 5.26 Å². The maximum Gasteiger partial charge on any atom is 0.145 e. The van der Waals surface area contributed by atoms with Crippen molar-refractivity contribution in [3.8, 4) is 6.07 Å². The van der Waals surface area contributed by atoms with E-state index in [-0.39, 0.29) is 17.7 Å². The summed E-state index contributed by atoms with van der Waals surface area (Å²) < 4.78 is 25.6. The third kappa shape index (κ3) is 1.41. The van der Waals surface area contributed by atoms with Crippen LogP contribution in [0.1, 0.15) is 11.1 Å². The zero-order valence-electron chi connectivity index (χ0n) is 6.14. The molecular weight excluding hydrogens is 162 g/mol. The second-order valence-electron chi connectivity index (χ2n) is 2.24. The molecule has 0 heterocycles. The van der Waals surface area contributed by atoms with Crippen molar-refractivity contribution in [2.45, 2.75) is 6.54 Å². The fourth-order valence-corrected chi connectivity index (χ4v) is 0.876. The fourth-order valence-electron chi connectivity index (χ4n) is 0.876. The zero-order valence-corrected chi connectivity index (χ0v) is 6.14. The van der Waals surface area contributed by atoms with Gasteiger partial charge in [0, 0.05) is 12.1 Å². The maximum absolute atomic E-state index is 13.0. The first-order valence-electron chi connectivity index (χ1n) is 3.27. The van der Waals surface area contributed by atoms with Crippen LogP contribution >= 0.6 is 0 Å². The molecule has 2 N–H and O–H groups in total. The minimum absolute atomic E-state index is 0.0200. The summed E-state index contributed by atoms with van der Waals surface area (Å²) in [5.41, 5.74) is 4.84. The topological polar surface area (TPSA) is 49.8 Å². The predicted molar refractivity (Wildman–Crippen MR) is 39.0 cm³/mol. The van der Waals surface area contributed by atoms with Crippen LogP contribution in [0.5, 0.6) is 0 Å². The summed E-state index contributed by atoms with van der Waals surface area (Å²) in [5, 5.41) is 8.37. The maximum atomic E-state index is 13.0. The lowest BCUT2D eigenvalue weighted by Gasteiger charge is -2.00. The van der Waals surface area contributed by atoms with E-state index < -0.39 is 11.6 Å². The van der Waals surface area contributed by atoms with Crippen LogP contribution in [0.3, 0.4) is 0 Å². The van der Waals surface area contributed by atoms with Crippen molar-refractivity contribution in [3.63, 3.8) is 0 Å². The number of nitriles is 1. The van der Waals surface area contributed by atoms with Crippen LogP contribution in [0.15, 0.2) is 12.1 Å². The Morgan fingerprint density at radius 3 is 2.58 bits per heavy atom. The average molecular weight is 168 g/mol. The molecular formula is C8H6F2N2. The van der Waals surface area contributed by atoms with Gasteiger partial charge in [0.2, 0.25) is 0 Å². The Morgan fingerprint density at radius 1 is 1.42 bits per heavy atom. The molecule has 12 heavy (non-hydrogen) atoms. The molecule has 0 saturated heterocycles. The van der Waals surface area contributed by atoms with Gasteiger partial charge in [0.25, 0.3) is 0 Å². The molecule has 1 aromatic carbocycles. The summed E-state index contributed by atoms with van der Waals surface area (Å²) in [7, 11) is 0. The van der Waals surface area contributed by atoms with Crippen molar-refractivity contribution in [3.05, 3.63) is 34.9 Å². The number of halogens is 2. The van der Waals surface area contributed by atoms with Crippen molar-refractivity contribution < 1.29 is 8.78 Å². The zero-order chi connectivity index (χ0) is 9.14. The van der Waals surface area contributed by atoms with E-state index in [1.165, 1.54) is 0 Å². The van der Waals surface area contributed by atoms with Crippen LogP contribution in [0.2, 0.25) is 0 Å². The molecule has 0 unspecified atom stereocenters.